The molecule has 3 unspecified atom stereocenters. The predicted molar refractivity (Wildman–Crippen MR) is 132 cm³/mol. The third-order valence-corrected chi connectivity index (χ3v) is 7.45. The molecule has 12 heteroatoms. The van der Waals surface area contributed by atoms with E-state index in [4.69, 9.17) is 0 Å². The van der Waals surface area contributed by atoms with Crippen LogP contribution >= 0.6 is 11.8 Å². The second kappa shape index (κ2) is 11.4. The average molecular weight is 540 g/mol. The Morgan fingerprint density at radius 1 is 1.11 bits per heavy atom. The topological polar surface area (TPSA) is 119 Å². The summed E-state index contributed by atoms with van der Waals surface area (Å²) in [6.45, 7) is 2.92. The summed E-state index contributed by atoms with van der Waals surface area (Å²) in [5.41, 5.74) is -0.366. The van der Waals surface area contributed by atoms with E-state index in [-0.39, 0.29) is 17.9 Å². The molecule has 3 rings (SSSR count). The molecule has 3 atom stereocenters. The van der Waals surface area contributed by atoms with Crippen LogP contribution in [0.15, 0.2) is 54.6 Å². The number of urea groups is 1. The highest BCUT2D eigenvalue weighted by Gasteiger charge is 2.50. The minimum absolute atomic E-state index is 0.0163. The first kappa shape index (κ1) is 28.3. The van der Waals surface area contributed by atoms with Crippen molar-refractivity contribution in [2.75, 3.05) is 5.88 Å². The molecule has 3 amide bonds. The number of carboxylic acids is 1. The number of benzene rings is 2. The zero-order valence-electron chi connectivity index (χ0n) is 20.2. The van der Waals surface area contributed by atoms with Crippen molar-refractivity contribution < 1.29 is 37.8 Å². The fraction of sp³-hybridized carbons (Fsp3) is 0.400. The molecule has 0 bridgehead atoms. The quantitative estimate of drug-likeness (QED) is 0.409. The Labute approximate surface area is 216 Å². The maximum absolute atomic E-state index is 13.3. The molecule has 2 aromatic rings. The zero-order chi connectivity index (χ0) is 27.4. The van der Waals surface area contributed by atoms with Gasteiger partial charge in [-0.2, -0.15) is 13.2 Å². The van der Waals surface area contributed by atoms with Gasteiger partial charge in [-0.1, -0.05) is 48.5 Å². The molecule has 200 valence electrons. The van der Waals surface area contributed by atoms with Gasteiger partial charge in [0.25, 0.3) is 5.91 Å². The van der Waals surface area contributed by atoms with E-state index in [0.717, 1.165) is 11.0 Å². The van der Waals surface area contributed by atoms with Crippen molar-refractivity contribution in [3.05, 3.63) is 71.3 Å². The number of halogens is 3. The van der Waals surface area contributed by atoms with E-state index in [1.54, 1.807) is 44.2 Å². The maximum Gasteiger partial charge on any atom is 0.416 e. The highest BCUT2D eigenvalue weighted by Crippen LogP contribution is 2.39. The number of nitrogens with zero attached hydrogens (tertiary/aromatic N) is 1. The summed E-state index contributed by atoms with van der Waals surface area (Å²) in [7, 11) is 0. The first-order valence-electron chi connectivity index (χ1n) is 11.4. The highest BCUT2D eigenvalue weighted by molar-refractivity contribution is 8.00. The monoisotopic (exact) mass is 539 g/mol. The van der Waals surface area contributed by atoms with Gasteiger partial charge in [-0.15, -0.1) is 11.8 Å². The van der Waals surface area contributed by atoms with Crippen LogP contribution in [-0.4, -0.2) is 61.8 Å². The van der Waals surface area contributed by atoms with Crippen LogP contribution in [0, 0.1) is 0 Å². The summed E-state index contributed by atoms with van der Waals surface area (Å²) < 4.78 is 39.0. The van der Waals surface area contributed by atoms with Gasteiger partial charge in [-0.05, 0) is 37.5 Å². The number of carbonyl (C=O) groups excluding carboxylic acids is 2. The molecule has 1 aliphatic heterocycles. The normalized spacial score (nSPS) is 18.6. The van der Waals surface area contributed by atoms with E-state index >= 15 is 0 Å². The van der Waals surface area contributed by atoms with Crippen LogP contribution in [0.4, 0.5) is 18.0 Å². The molecule has 0 spiro atoms. The van der Waals surface area contributed by atoms with Gasteiger partial charge in [-0.3, -0.25) is 4.79 Å². The summed E-state index contributed by atoms with van der Waals surface area (Å²) in [5.74, 6) is -2.04. The molecular formula is C25H28F3N3O5S. The second-order valence-electron chi connectivity index (χ2n) is 9.15. The number of carbonyl (C=O) groups is 3. The number of amides is 3. The van der Waals surface area contributed by atoms with Gasteiger partial charge in [0.15, 0.2) is 6.10 Å². The predicted octanol–water partition coefficient (Wildman–Crippen LogP) is 3.24. The summed E-state index contributed by atoms with van der Waals surface area (Å²) >= 11 is 1.25. The molecule has 0 aliphatic carbocycles. The van der Waals surface area contributed by atoms with Crippen molar-refractivity contribution >= 4 is 29.7 Å². The van der Waals surface area contributed by atoms with Gasteiger partial charge in [0, 0.05) is 11.3 Å². The van der Waals surface area contributed by atoms with E-state index in [1.807, 2.05) is 0 Å². The smallest absolute Gasteiger partial charge is 0.416 e. The van der Waals surface area contributed by atoms with E-state index < -0.39 is 59.1 Å². The standard InChI is InChI=1S/C25H28F3N3O5S/c1-24(2)20(22(34)35)31(14-37-24)21(33)19(32)18(12-15-8-4-3-5-9-15)30-23(36)29-13-16-10-6-7-11-17(16)25(26,27)28/h3-11,18-20,32H,12-14H2,1-2H3,(H,34,35)(H2,29,30,36). The van der Waals surface area contributed by atoms with Gasteiger partial charge in [-0.25, -0.2) is 9.59 Å². The Morgan fingerprint density at radius 2 is 1.73 bits per heavy atom. The molecule has 1 saturated heterocycles. The number of aliphatic hydroxyl groups excluding tert-OH is 1. The van der Waals surface area contributed by atoms with Crippen molar-refractivity contribution in [3.63, 3.8) is 0 Å². The van der Waals surface area contributed by atoms with Crippen molar-refractivity contribution in [1.82, 2.24) is 15.5 Å². The molecule has 1 heterocycles. The molecule has 1 aliphatic rings. The number of carboxylic acid groups (broad SMARTS) is 1. The Morgan fingerprint density at radius 3 is 2.35 bits per heavy atom. The van der Waals surface area contributed by atoms with Crippen LogP contribution in [0.1, 0.15) is 30.5 Å². The fourth-order valence-corrected chi connectivity index (χ4v) is 5.32. The Hall–Kier alpha value is -3.25. The third-order valence-electron chi connectivity index (χ3n) is 6.07. The third kappa shape index (κ3) is 6.95. The van der Waals surface area contributed by atoms with E-state index in [9.17, 15) is 37.8 Å². The fourth-order valence-electron chi connectivity index (χ4n) is 4.18. The number of thioether (sulfide) groups is 1. The number of hydrogen-bond donors (Lipinski definition) is 4. The largest absolute Gasteiger partial charge is 0.480 e. The van der Waals surface area contributed by atoms with Crippen LogP contribution in [0.2, 0.25) is 0 Å². The lowest BCUT2D eigenvalue weighted by Crippen LogP contribution is -2.57. The number of nitrogens with one attached hydrogen (secondary N) is 2. The molecular weight excluding hydrogens is 511 g/mol. The van der Waals surface area contributed by atoms with Crippen LogP contribution < -0.4 is 10.6 Å². The SMILES string of the molecule is CC1(C)SCN(C(=O)C(O)C(Cc2ccccc2)NC(=O)NCc2ccccc2C(F)(F)F)C1C(=O)O. The Bertz CT molecular complexity index is 1130. The molecule has 4 N–H and O–H groups in total. The zero-order valence-corrected chi connectivity index (χ0v) is 21.0. The number of rotatable bonds is 8. The molecule has 0 aromatic heterocycles. The van der Waals surface area contributed by atoms with Crippen molar-refractivity contribution in [2.45, 2.75) is 55.9 Å². The Balaban J connectivity index is 1.77. The molecule has 0 radical (unpaired) electrons. The van der Waals surface area contributed by atoms with Crippen LogP contribution in [0.5, 0.6) is 0 Å². The molecule has 2 aromatic carbocycles. The minimum atomic E-state index is -4.60. The highest BCUT2D eigenvalue weighted by atomic mass is 32.2. The summed E-state index contributed by atoms with van der Waals surface area (Å²) in [6, 6.07) is 10.2. The minimum Gasteiger partial charge on any atom is -0.480 e. The molecule has 8 nitrogen and oxygen atoms in total. The lowest BCUT2D eigenvalue weighted by atomic mass is 9.98. The van der Waals surface area contributed by atoms with Gasteiger partial charge in [0.05, 0.1) is 17.5 Å². The first-order valence-corrected chi connectivity index (χ1v) is 12.4. The molecule has 37 heavy (non-hydrogen) atoms. The number of alkyl halides is 3. The maximum atomic E-state index is 13.3. The van der Waals surface area contributed by atoms with E-state index in [2.05, 4.69) is 10.6 Å². The number of aliphatic carboxylic acids is 1. The van der Waals surface area contributed by atoms with Crippen LogP contribution in [-0.2, 0) is 28.7 Å². The summed E-state index contributed by atoms with van der Waals surface area (Å²) in [6.07, 6.45) is -6.39. The first-order chi connectivity index (χ1) is 17.3. The van der Waals surface area contributed by atoms with Gasteiger partial charge in [0.2, 0.25) is 0 Å². The lowest BCUT2D eigenvalue weighted by molar-refractivity contribution is -0.154. The van der Waals surface area contributed by atoms with Crippen LogP contribution in [0.3, 0.4) is 0 Å². The van der Waals surface area contributed by atoms with Crippen LogP contribution in [0.25, 0.3) is 0 Å². The molecule has 1 fully saturated rings. The van der Waals surface area contributed by atoms with Crippen molar-refractivity contribution in [3.8, 4) is 0 Å². The summed E-state index contributed by atoms with van der Waals surface area (Å²) in [5, 5.41) is 25.5. The van der Waals surface area contributed by atoms with Gasteiger partial charge >= 0.3 is 18.2 Å². The van der Waals surface area contributed by atoms with Crippen molar-refractivity contribution in [1.29, 1.82) is 0 Å². The Kier molecular flexibility index (Phi) is 8.75. The lowest BCUT2D eigenvalue weighted by Gasteiger charge is -2.31. The number of aliphatic hydroxyl groups is 1. The second-order valence-corrected chi connectivity index (χ2v) is 10.7. The van der Waals surface area contributed by atoms with E-state index in [1.165, 1.54) is 30.0 Å². The van der Waals surface area contributed by atoms with Gasteiger partial charge < -0.3 is 25.7 Å². The average Bonchev–Trinajstić information content (AvgIpc) is 3.16. The molecule has 0 saturated carbocycles. The van der Waals surface area contributed by atoms with E-state index in [0.29, 0.717) is 5.56 Å². The summed E-state index contributed by atoms with van der Waals surface area (Å²) in [4.78, 5) is 38.8. The van der Waals surface area contributed by atoms with Gasteiger partial charge in [0.1, 0.15) is 6.04 Å². The van der Waals surface area contributed by atoms with Crippen molar-refractivity contribution in [2.24, 2.45) is 0 Å². The number of hydrogen-bond acceptors (Lipinski definition) is 5.